The molecule has 1 saturated heterocycles. The van der Waals surface area contributed by atoms with Gasteiger partial charge in [-0.1, -0.05) is 6.92 Å². The number of likely N-dealkylation sites (tertiary alicyclic amines) is 1. The summed E-state index contributed by atoms with van der Waals surface area (Å²) in [6.45, 7) is 9.51. The summed E-state index contributed by atoms with van der Waals surface area (Å²) < 4.78 is 0. The fourth-order valence-electron chi connectivity index (χ4n) is 2.35. The molecule has 1 fully saturated rings. The lowest BCUT2D eigenvalue weighted by Crippen LogP contribution is -2.45. The van der Waals surface area contributed by atoms with Crippen LogP contribution in [0.3, 0.4) is 0 Å². The van der Waals surface area contributed by atoms with Crippen LogP contribution in [0.5, 0.6) is 0 Å². The Bertz CT molecular complexity index is 174. The Hall–Kier alpha value is -0.120. The molecule has 0 spiro atoms. The third kappa shape index (κ3) is 5.28. The summed E-state index contributed by atoms with van der Waals surface area (Å²) in [4.78, 5) is 4.81. The van der Waals surface area contributed by atoms with Crippen LogP contribution < -0.4 is 5.32 Å². The maximum Gasteiger partial charge on any atom is 0.00938 e. The van der Waals surface area contributed by atoms with Crippen molar-refractivity contribution in [1.82, 2.24) is 15.1 Å². The zero-order valence-corrected chi connectivity index (χ0v) is 11.5. The number of rotatable bonds is 6. The van der Waals surface area contributed by atoms with Crippen LogP contribution in [-0.2, 0) is 0 Å². The Morgan fingerprint density at radius 3 is 2.44 bits per heavy atom. The summed E-state index contributed by atoms with van der Waals surface area (Å²) in [5, 5.41) is 3.77. The van der Waals surface area contributed by atoms with Crippen molar-refractivity contribution in [3.05, 3.63) is 0 Å². The summed E-state index contributed by atoms with van der Waals surface area (Å²) in [6, 6.07) is 1.40. The largest absolute Gasteiger partial charge is 0.311 e. The predicted octanol–water partition coefficient (Wildman–Crippen LogP) is 1.40. The van der Waals surface area contributed by atoms with Gasteiger partial charge in [0, 0.05) is 12.1 Å². The smallest absolute Gasteiger partial charge is 0.00938 e. The van der Waals surface area contributed by atoms with Crippen LogP contribution in [0.4, 0.5) is 0 Å². The van der Waals surface area contributed by atoms with E-state index in [4.69, 9.17) is 0 Å². The molecule has 3 heteroatoms. The topological polar surface area (TPSA) is 18.5 Å². The highest BCUT2D eigenvalue weighted by atomic mass is 15.1. The lowest BCUT2D eigenvalue weighted by Gasteiger charge is -2.33. The molecule has 1 N–H and O–H groups in total. The van der Waals surface area contributed by atoms with E-state index >= 15 is 0 Å². The SMILES string of the molecule is CCN1CCC(NC(C)CCN(C)C)CC1. The first-order valence-electron chi connectivity index (χ1n) is 6.75. The maximum absolute atomic E-state index is 3.77. The highest BCUT2D eigenvalue weighted by Gasteiger charge is 2.18. The van der Waals surface area contributed by atoms with Gasteiger partial charge in [0.1, 0.15) is 0 Å². The Morgan fingerprint density at radius 1 is 1.31 bits per heavy atom. The van der Waals surface area contributed by atoms with Crippen LogP contribution in [-0.4, -0.2) is 62.2 Å². The molecule has 1 unspecified atom stereocenters. The summed E-state index contributed by atoms with van der Waals surface area (Å²) in [5.41, 5.74) is 0. The summed E-state index contributed by atoms with van der Waals surface area (Å²) in [6.07, 6.45) is 3.89. The van der Waals surface area contributed by atoms with E-state index in [1.54, 1.807) is 0 Å². The maximum atomic E-state index is 3.77. The zero-order valence-electron chi connectivity index (χ0n) is 11.5. The number of hydrogen-bond donors (Lipinski definition) is 1. The third-order valence-corrected chi connectivity index (χ3v) is 3.56. The molecule has 0 amide bonds. The zero-order chi connectivity index (χ0) is 12.0. The minimum Gasteiger partial charge on any atom is -0.311 e. The lowest BCUT2D eigenvalue weighted by atomic mass is 10.0. The van der Waals surface area contributed by atoms with Crippen molar-refractivity contribution in [2.45, 2.75) is 45.2 Å². The van der Waals surface area contributed by atoms with Gasteiger partial charge in [0.25, 0.3) is 0 Å². The number of nitrogens with one attached hydrogen (secondary N) is 1. The van der Waals surface area contributed by atoms with Gasteiger partial charge < -0.3 is 15.1 Å². The van der Waals surface area contributed by atoms with E-state index in [2.05, 4.69) is 43.1 Å². The van der Waals surface area contributed by atoms with E-state index in [-0.39, 0.29) is 0 Å². The van der Waals surface area contributed by atoms with Gasteiger partial charge in [-0.25, -0.2) is 0 Å². The molecule has 1 aliphatic heterocycles. The second-order valence-electron chi connectivity index (χ2n) is 5.37. The Kier molecular flexibility index (Phi) is 6.32. The third-order valence-electron chi connectivity index (χ3n) is 3.56. The van der Waals surface area contributed by atoms with Crippen LogP contribution in [0, 0.1) is 0 Å². The summed E-state index contributed by atoms with van der Waals surface area (Å²) in [7, 11) is 4.29. The molecule has 0 aliphatic carbocycles. The van der Waals surface area contributed by atoms with E-state index in [9.17, 15) is 0 Å². The molecule has 1 heterocycles. The van der Waals surface area contributed by atoms with Crippen LogP contribution >= 0.6 is 0 Å². The first kappa shape index (κ1) is 13.9. The van der Waals surface area contributed by atoms with E-state index in [0.29, 0.717) is 6.04 Å². The molecule has 0 aromatic heterocycles. The molecular weight excluding hydrogens is 198 g/mol. The second-order valence-corrected chi connectivity index (χ2v) is 5.37. The minimum absolute atomic E-state index is 0.653. The second kappa shape index (κ2) is 7.25. The van der Waals surface area contributed by atoms with Gasteiger partial charge in [0.2, 0.25) is 0 Å². The quantitative estimate of drug-likeness (QED) is 0.740. The van der Waals surface area contributed by atoms with E-state index in [1.165, 1.54) is 45.4 Å². The normalized spacial score (nSPS) is 21.6. The molecule has 1 aliphatic rings. The van der Waals surface area contributed by atoms with Crippen LogP contribution in [0.25, 0.3) is 0 Å². The van der Waals surface area contributed by atoms with E-state index in [1.807, 2.05) is 0 Å². The number of hydrogen-bond acceptors (Lipinski definition) is 3. The van der Waals surface area contributed by atoms with E-state index in [0.717, 1.165) is 6.04 Å². The first-order chi connectivity index (χ1) is 7.61. The van der Waals surface area contributed by atoms with Crippen molar-refractivity contribution in [2.24, 2.45) is 0 Å². The van der Waals surface area contributed by atoms with Gasteiger partial charge in [-0.15, -0.1) is 0 Å². The van der Waals surface area contributed by atoms with Crippen molar-refractivity contribution < 1.29 is 0 Å². The molecule has 0 radical (unpaired) electrons. The first-order valence-corrected chi connectivity index (χ1v) is 6.75. The fourth-order valence-corrected chi connectivity index (χ4v) is 2.35. The van der Waals surface area contributed by atoms with Crippen molar-refractivity contribution in [1.29, 1.82) is 0 Å². The fraction of sp³-hybridized carbons (Fsp3) is 1.00. The summed E-state index contributed by atoms with van der Waals surface area (Å²) >= 11 is 0. The van der Waals surface area contributed by atoms with Gasteiger partial charge in [-0.3, -0.25) is 0 Å². The molecule has 0 aromatic carbocycles. The Balaban J connectivity index is 2.13. The molecule has 0 saturated carbocycles. The summed E-state index contributed by atoms with van der Waals surface area (Å²) in [5.74, 6) is 0. The van der Waals surface area contributed by atoms with Gasteiger partial charge in [-0.05, 0) is 66.5 Å². The average molecular weight is 227 g/mol. The predicted molar refractivity (Wildman–Crippen MR) is 70.9 cm³/mol. The highest BCUT2D eigenvalue weighted by Crippen LogP contribution is 2.11. The molecule has 0 aromatic rings. The molecule has 3 nitrogen and oxygen atoms in total. The molecule has 96 valence electrons. The highest BCUT2D eigenvalue weighted by molar-refractivity contribution is 4.79. The molecule has 1 rings (SSSR count). The average Bonchev–Trinajstić information content (AvgIpc) is 2.27. The molecule has 16 heavy (non-hydrogen) atoms. The van der Waals surface area contributed by atoms with Gasteiger partial charge in [0.05, 0.1) is 0 Å². The monoisotopic (exact) mass is 227 g/mol. The number of piperidine rings is 1. The van der Waals surface area contributed by atoms with Crippen molar-refractivity contribution in [3.8, 4) is 0 Å². The molecular formula is C13H29N3. The lowest BCUT2D eigenvalue weighted by molar-refractivity contribution is 0.197. The van der Waals surface area contributed by atoms with E-state index < -0.39 is 0 Å². The van der Waals surface area contributed by atoms with Crippen LogP contribution in [0.1, 0.15) is 33.1 Å². The van der Waals surface area contributed by atoms with Crippen LogP contribution in [0.2, 0.25) is 0 Å². The molecule has 0 bridgehead atoms. The minimum atomic E-state index is 0.653. The van der Waals surface area contributed by atoms with Crippen molar-refractivity contribution in [3.63, 3.8) is 0 Å². The standard InChI is InChI=1S/C13H29N3/c1-5-16-10-7-13(8-11-16)14-12(2)6-9-15(3)4/h12-14H,5-11H2,1-4H3. The van der Waals surface area contributed by atoms with Crippen molar-refractivity contribution >= 4 is 0 Å². The number of nitrogens with zero attached hydrogens (tertiary/aromatic N) is 2. The van der Waals surface area contributed by atoms with Gasteiger partial charge in [-0.2, -0.15) is 0 Å². The van der Waals surface area contributed by atoms with Crippen LogP contribution in [0.15, 0.2) is 0 Å². The van der Waals surface area contributed by atoms with Crippen molar-refractivity contribution in [2.75, 3.05) is 40.3 Å². The molecule has 1 atom stereocenters. The van der Waals surface area contributed by atoms with Gasteiger partial charge >= 0.3 is 0 Å². The Morgan fingerprint density at radius 2 is 1.94 bits per heavy atom. The Labute approximate surface area is 101 Å². The van der Waals surface area contributed by atoms with Gasteiger partial charge in [0.15, 0.2) is 0 Å².